The Morgan fingerprint density at radius 1 is 0.632 bits per heavy atom. The molecule has 2 aromatic carbocycles. The Bertz CT molecular complexity index is 1140. The molecular weight excluding hydrogens is 502 g/mol. The van der Waals surface area contributed by atoms with Gasteiger partial charge in [-0.25, -0.2) is 4.98 Å². The van der Waals surface area contributed by atoms with E-state index in [0.717, 1.165) is 63.5 Å². The highest BCUT2D eigenvalue weighted by molar-refractivity contribution is 6.28. The zero-order chi connectivity index (χ0) is 27.2. The van der Waals surface area contributed by atoms with Crippen molar-refractivity contribution in [3.8, 4) is 45.8 Å². The van der Waals surface area contributed by atoms with Gasteiger partial charge in [0.25, 0.3) is 0 Å². The monoisotopic (exact) mass is 541 g/mol. The summed E-state index contributed by atoms with van der Waals surface area (Å²) in [6.45, 7) is 8.31. The van der Waals surface area contributed by atoms with Gasteiger partial charge in [0, 0.05) is 12.1 Å². The van der Waals surface area contributed by atoms with Gasteiger partial charge in [0.15, 0.2) is 11.6 Å². The summed E-state index contributed by atoms with van der Waals surface area (Å²) in [5.74, 6) is 2.61. The van der Waals surface area contributed by atoms with E-state index in [4.69, 9.17) is 25.8 Å². The molecule has 1 N–H and O–H groups in total. The molecule has 3 aromatic rings. The summed E-state index contributed by atoms with van der Waals surface area (Å²) in [5.41, 5.74) is 1.13. The maximum atomic E-state index is 10.7. The van der Waals surface area contributed by atoms with E-state index >= 15 is 0 Å². The standard InChI is InChI=1S/C30H40ClN3O4/c1-4-7-10-17-36-22-13-15-24(26(35)20-22)28-32-29(34-30(31)33-28)25-16-14-23(37-18-11-8-5-2)21-27(25)38-19-12-9-6-3/h13-16,20-21,35H,4-12,17-19H2,1-3H3. The number of aromatic nitrogens is 3. The molecule has 8 heteroatoms. The molecule has 0 aliphatic heterocycles. The molecule has 0 spiro atoms. The summed E-state index contributed by atoms with van der Waals surface area (Å²) >= 11 is 6.32. The van der Waals surface area contributed by atoms with E-state index in [9.17, 15) is 5.11 Å². The third-order valence-electron chi connectivity index (χ3n) is 6.05. The molecule has 3 rings (SSSR count). The Morgan fingerprint density at radius 2 is 1.13 bits per heavy atom. The lowest BCUT2D eigenvalue weighted by Gasteiger charge is -2.14. The van der Waals surface area contributed by atoms with Crippen LogP contribution in [-0.2, 0) is 0 Å². The van der Waals surface area contributed by atoms with Crippen LogP contribution in [0.25, 0.3) is 22.8 Å². The highest BCUT2D eigenvalue weighted by atomic mass is 35.5. The Balaban J connectivity index is 1.87. The van der Waals surface area contributed by atoms with Gasteiger partial charge in [0.05, 0.1) is 30.9 Å². The van der Waals surface area contributed by atoms with Crippen LogP contribution in [0, 0.1) is 0 Å². The fourth-order valence-corrected chi connectivity index (χ4v) is 4.06. The van der Waals surface area contributed by atoms with Crippen molar-refractivity contribution in [2.75, 3.05) is 19.8 Å². The van der Waals surface area contributed by atoms with Crippen LogP contribution in [0.1, 0.15) is 78.6 Å². The van der Waals surface area contributed by atoms with Gasteiger partial charge in [-0.05, 0) is 55.1 Å². The van der Waals surface area contributed by atoms with Crippen molar-refractivity contribution in [1.82, 2.24) is 15.0 Å². The molecule has 1 aromatic heterocycles. The third kappa shape index (κ3) is 9.05. The molecule has 0 fully saturated rings. The van der Waals surface area contributed by atoms with Crippen LogP contribution < -0.4 is 14.2 Å². The van der Waals surface area contributed by atoms with Gasteiger partial charge in [-0.1, -0.05) is 59.3 Å². The number of nitrogens with zero attached hydrogens (tertiary/aromatic N) is 3. The highest BCUT2D eigenvalue weighted by Gasteiger charge is 2.17. The van der Waals surface area contributed by atoms with Crippen LogP contribution in [0.2, 0.25) is 5.28 Å². The largest absolute Gasteiger partial charge is 0.507 e. The number of hydrogen-bond acceptors (Lipinski definition) is 7. The van der Waals surface area contributed by atoms with Crippen molar-refractivity contribution in [2.24, 2.45) is 0 Å². The molecule has 0 radical (unpaired) electrons. The van der Waals surface area contributed by atoms with E-state index in [0.29, 0.717) is 48.3 Å². The highest BCUT2D eigenvalue weighted by Crippen LogP contribution is 2.35. The first-order valence-electron chi connectivity index (χ1n) is 13.8. The number of benzene rings is 2. The minimum Gasteiger partial charge on any atom is -0.507 e. The van der Waals surface area contributed by atoms with Gasteiger partial charge in [-0.2, -0.15) is 9.97 Å². The first kappa shape index (κ1) is 29.5. The molecule has 0 amide bonds. The molecule has 0 unspecified atom stereocenters. The van der Waals surface area contributed by atoms with Gasteiger partial charge >= 0.3 is 0 Å². The lowest BCUT2D eigenvalue weighted by molar-refractivity contribution is 0.292. The van der Waals surface area contributed by atoms with Crippen molar-refractivity contribution >= 4 is 11.6 Å². The Morgan fingerprint density at radius 3 is 1.68 bits per heavy atom. The fraction of sp³-hybridized carbons (Fsp3) is 0.500. The Hall–Kier alpha value is -3.06. The normalized spacial score (nSPS) is 10.9. The van der Waals surface area contributed by atoms with Crippen LogP contribution >= 0.6 is 11.6 Å². The molecule has 206 valence electrons. The zero-order valence-corrected chi connectivity index (χ0v) is 23.6. The average Bonchev–Trinajstić information content (AvgIpc) is 2.91. The van der Waals surface area contributed by atoms with Crippen molar-refractivity contribution in [2.45, 2.75) is 78.6 Å². The summed E-state index contributed by atoms with van der Waals surface area (Å²) in [6, 6.07) is 10.8. The van der Waals surface area contributed by atoms with Gasteiger partial charge in [-0.3, -0.25) is 0 Å². The SMILES string of the molecule is CCCCCOc1ccc(-c2nc(Cl)nc(-c3ccc(OCCCCC)cc3OCCCCC)n2)c(O)c1. The number of phenolic OH excluding ortho intramolecular Hbond substituents is 1. The van der Waals surface area contributed by atoms with E-state index < -0.39 is 0 Å². The number of unbranched alkanes of at least 4 members (excludes halogenated alkanes) is 6. The maximum absolute atomic E-state index is 10.7. The van der Waals surface area contributed by atoms with E-state index in [-0.39, 0.29) is 16.9 Å². The number of hydrogen-bond donors (Lipinski definition) is 1. The maximum Gasteiger partial charge on any atom is 0.226 e. The minimum absolute atomic E-state index is 0.0121. The van der Waals surface area contributed by atoms with Gasteiger partial charge < -0.3 is 19.3 Å². The number of phenols is 1. The quantitative estimate of drug-likeness (QED) is 0.172. The number of halogens is 1. The number of aromatic hydroxyl groups is 1. The average molecular weight is 542 g/mol. The number of ether oxygens (including phenoxy) is 3. The molecule has 0 aliphatic rings. The number of rotatable bonds is 17. The lowest BCUT2D eigenvalue weighted by atomic mass is 10.1. The first-order valence-corrected chi connectivity index (χ1v) is 14.2. The van der Waals surface area contributed by atoms with Crippen molar-refractivity contribution in [3.05, 3.63) is 41.7 Å². The topological polar surface area (TPSA) is 86.6 Å². The summed E-state index contributed by atoms with van der Waals surface area (Å²) in [7, 11) is 0. The fourth-order valence-electron chi connectivity index (χ4n) is 3.90. The Kier molecular flexibility index (Phi) is 12.4. The summed E-state index contributed by atoms with van der Waals surface area (Å²) in [6.07, 6.45) is 9.60. The zero-order valence-electron chi connectivity index (χ0n) is 22.8. The summed E-state index contributed by atoms with van der Waals surface area (Å²) < 4.78 is 17.9. The minimum atomic E-state index is 0.0121. The molecular formula is C30H40ClN3O4. The van der Waals surface area contributed by atoms with Crippen molar-refractivity contribution < 1.29 is 19.3 Å². The lowest BCUT2D eigenvalue weighted by Crippen LogP contribution is -2.03. The van der Waals surface area contributed by atoms with E-state index in [2.05, 4.69) is 35.7 Å². The van der Waals surface area contributed by atoms with Crippen LogP contribution in [0.5, 0.6) is 23.0 Å². The van der Waals surface area contributed by atoms with Crippen LogP contribution in [-0.4, -0.2) is 39.9 Å². The molecule has 0 atom stereocenters. The van der Waals surface area contributed by atoms with Crippen LogP contribution in [0.4, 0.5) is 0 Å². The predicted octanol–water partition coefficient (Wildman–Crippen LogP) is 8.27. The van der Waals surface area contributed by atoms with E-state index in [1.54, 1.807) is 18.2 Å². The summed E-state index contributed by atoms with van der Waals surface area (Å²) in [4.78, 5) is 13.3. The van der Waals surface area contributed by atoms with Gasteiger partial charge in [0.2, 0.25) is 5.28 Å². The second-order valence-corrected chi connectivity index (χ2v) is 9.59. The smallest absolute Gasteiger partial charge is 0.226 e. The molecule has 1 heterocycles. The molecule has 0 bridgehead atoms. The van der Waals surface area contributed by atoms with Crippen molar-refractivity contribution in [1.29, 1.82) is 0 Å². The van der Waals surface area contributed by atoms with Gasteiger partial charge in [-0.15, -0.1) is 0 Å². The predicted molar refractivity (Wildman–Crippen MR) is 152 cm³/mol. The third-order valence-corrected chi connectivity index (χ3v) is 6.22. The first-order chi connectivity index (χ1) is 18.5. The van der Waals surface area contributed by atoms with Gasteiger partial charge in [0.1, 0.15) is 23.0 Å². The summed E-state index contributed by atoms with van der Waals surface area (Å²) in [5, 5.41) is 10.7. The van der Waals surface area contributed by atoms with E-state index in [1.807, 2.05) is 18.2 Å². The second kappa shape index (κ2) is 16.0. The second-order valence-electron chi connectivity index (χ2n) is 9.26. The molecule has 0 aliphatic carbocycles. The molecule has 0 saturated heterocycles. The van der Waals surface area contributed by atoms with Crippen molar-refractivity contribution in [3.63, 3.8) is 0 Å². The van der Waals surface area contributed by atoms with Crippen LogP contribution in [0.15, 0.2) is 36.4 Å². The van der Waals surface area contributed by atoms with Crippen LogP contribution in [0.3, 0.4) is 0 Å². The molecule has 7 nitrogen and oxygen atoms in total. The molecule has 0 saturated carbocycles. The van der Waals surface area contributed by atoms with E-state index in [1.165, 1.54) is 0 Å². The Labute approximate surface area is 231 Å². The molecule has 38 heavy (non-hydrogen) atoms.